The monoisotopic (exact) mass is 324 g/mol. The van der Waals surface area contributed by atoms with Gasteiger partial charge in [0.1, 0.15) is 12.7 Å². The van der Waals surface area contributed by atoms with Crippen LogP contribution < -0.4 is 0 Å². The molecule has 0 bridgehead atoms. The molecule has 3 N–H and O–H groups in total. The van der Waals surface area contributed by atoms with E-state index in [1.54, 1.807) is 4.57 Å². The van der Waals surface area contributed by atoms with Gasteiger partial charge in [-0.05, 0) is 4.92 Å². The molecular weight excluding hydrogens is 307 g/mol. The maximum absolute atomic E-state index is 10.6. The van der Waals surface area contributed by atoms with Crippen molar-refractivity contribution < 1.29 is 28.9 Å². The number of nitro groups is 1. The number of phosphoric acid groups is 1. The fraction of sp³-hybridized carbons (Fsp3) is 0.667. The molecule has 1 saturated heterocycles. The molecule has 1 aromatic heterocycles. The molecule has 2 rings (SSSR count). The van der Waals surface area contributed by atoms with Crippen molar-refractivity contribution in [3.05, 3.63) is 22.6 Å². The summed E-state index contributed by atoms with van der Waals surface area (Å²) in [6, 6.07) is 0. The lowest BCUT2D eigenvalue weighted by atomic mass is 10.4. The highest BCUT2D eigenvalue weighted by Crippen LogP contribution is 2.25. The zero-order valence-corrected chi connectivity index (χ0v) is 12.0. The largest absolute Gasteiger partial charge is 0.466 e. The van der Waals surface area contributed by atoms with Gasteiger partial charge in [0.2, 0.25) is 0 Å². The average molecular weight is 324 g/mol. The van der Waals surface area contributed by atoms with Gasteiger partial charge in [0, 0.05) is 19.6 Å². The first-order chi connectivity index (χ1) is 9.77. The summed E-state index contributed by atoms with van der Waals surface area (Å²) in [5.74, 6) is 0.0493. The lowest BCUT2D eigenvalue weighted by molar-refractivity contribution is -0.392. The Kier molecular flexibility index (Phi) is 6.89. The molecule has 0 unspecified atom stereocenters. The number of hydrogen-bond acceptors (Lipinski definition) is 6. The molecule has 120 valence electrons. The van der Waals surface area contributed by atoms with Crippen LogP contribution in [0.2, 0.25) is 0 Å². The van der Waals surface area contributed by atoms with Gasteiger partial charge in [-0.25, -0.2) is 14.1 Å². The van der Waals surface area contributed by atoms with Crippen LogP contribution in [0.1, 0.15) is 0 Å². The van der Waals surface area contributed by atoms with E-state index in [2.05, 4.69) is 9.88 Å². The first kappa shape index (κ1) is 17.7. The fourth-order valence-corrected chi connectivity index (χ4v) is 1.71. The molecule has 1 fully saturated rings. The minimum atomic E-state index is -4.64. The van der Waals surface area contributed by atoms with Crippen LogP contribution in [0, 0.1) is 10.1 Å². The van der Waals surface area contributed by atoms with Gasteiger partial charge in [-0.1, -0.05) is 0 Å². The second kappa shape index (κ2) is 8.17. The Bertz CT molecular complexity index is 488. The van der Waals surface area contributed by atoms with Crippen molar-refractivity contribution >= 4 is 13.6 Å². The van der Waals surface area contributed by atoms with Gasteiger partial charge >= 0.3 is 13.6 Å². The normalized spacial score (nSPS) is 16.1. The number of nitrogens with zero attached hydrogens (tertiary/aromatic N) is 4. The van der Waals surface area contributed by atoms with E-state index < -0.39 is 12.7 Å². The van der Waals surface area contributed by atoms with Crippen LogP contribution in [-0.4, -0.2) is 66.9 Å². The van der Waals surface area contributed by atoms with Crippen molar-refractivity contribution in [2.45, 2.75) is 6.54 Å². The van der Waals surface area contributed by atoms with E-state index in [-0.39, 0.29) is 5.82 Å². The van der Waals surface area contributed by atoms with Crippen LogP contribution in [0.5, 0.6) is 0 Å². The quantitative estimate of drug-likeness (QED) is 0.367. The smallest absolute Gasteiger partial charge is 0.379 e. The molecule has 0 spiro atoms. The highest BCUT2D eigenvalue weighted by molar-refractivity contribution is 7.45. The summed E-state index contributed by atoms with van der Waals surface area (Å²) in [5, 5.41) is 10.6. The predicted molar refractivity (Wildman–Crippen MR) is 70.4 cm³/mol. The van der Waals surface area contributed by atoms with Crippen molar-refractivity contribution in [3.8, 4) is 0 Å². The van der Waals surface area contributed by atoms with Gasteiger partial charge in [-0.3, -0.25) is 4.90 Å². The lowest BCUT2D eigenvalue weighted by Gasteiger charge is -2.25. The third kappa shape index (κ3) is 7.85. The molecule has 1 aliphatic rings. The summed E-state index contributed by atoms with van der Waals surface area (Å²) < 4.78 is 15.7. The van der Waals surface area contributed by atoms with E-state index >= 15 is 0 Å². The molecule has 0 atom stereocenters. The van der Waals surface area contributed by atoms with E-state index in [9.17, 15) is 10.1 Å². The van der Waals surface area contributed by atoms with Crippen molar-refractivity contribution in [2.75, 3.05) is 32.8 Å². The molecule has 0 radical (unpaired) electrons. The summed E-state index contributed by atoms with van der Waals surface area (Å²) in [6.45, 7) is 4.65. The highest BCUT2D eigenvalue weighted by atomic mass is 31.2. The number of ether oxygens (including phenoxy) is 1. The van der Waals surface area contributed by atoms with Gasteiger partial charge in [0.05, 0.1) is 13.2 Å². The van der Waals surface area contributed by atoms with Crippen molar-refractivity contribution in [3.63, 3.8) is 0 Å². The number of hydrogen-bond donors (Lipinski definition) is 3. The third-order valence-electron chi connectivity index (χ3n) is 2.64. The van der Waals surface area contributed by atoms with Crippen LogP contribution in [0.25, 0.3) is 0 Å². The van der Waals surface area contributed by atoms with Gasteiger partial charge < -0.3 is 29.5 Å². The molecule has 0 saturated carbocycles. The summed E-state index contributed by atoms with van der Waals surface area (Å²) >= 11 is 0. The summed E-state index contributed by atoms with van der Waals surface area (Å²) in [5.41, 5.74) is 0. The van der Waals surface area contributed by atoms with Crippen LogP contribution in [-0.2, 0) is 15.8 Å². The fourth-order valence-electron chi connectivity index (χ4n) is 1.71. The van der Waals surface area contributed by atoms with Crippen molar-refractivity contribution in [2.24, 2.45) is 0 Å². The van der Waals surface area contributed by atoms with Gasteiger partial charge in [0.25, 0.3) is 0 Å². The SMILES string of the molecule is O=P(O)(O)O.O=[N+]([O-])c1cncn1CCN1CCOCC1. The maximum atomic E-state index is 10.6. The minimum absolute atomic E-state index is 0.0493. The van der Waals surface area contributed by atoms with Crippen LogP contribution >= 0.6 is 7.82 Å². The van der Waals surface area contributed by atoms with E-state index in [0.717, 1.165) is 32.8 Å². The van der Waals surface area contributed by atoms with Crippen LogP contribution in [0.4, 0.5) is 5.82 Å². The average Bonchev–Trinajstić information content (AvgIpc) is 2.84. The Morgan fingerprint density at radius 1 is 1.33 bits per heavy atom. The molecule has 21 heavy (non-hydrogen) atoms. The molecule has 0 aromatic carbocycles. The Morgan fingerprint density at radius 2 is 1.90 bits per heavy atom. The Labute approximate surface area is 120 Å². The number of rotatable bonds is 4. The van der Waals surface area contributed by atoms with Crippen LogP contribution in [0.3, 0.4) is 0 Å². The van der Waals surface area contributed by atoms with E-state index in [0.29, 0.717) is 6.54 Å². The molecule has 1 aromatic rings. The first-order valence-corrected chi connectivity index (χ1v) is 7.57. The standard InChI is InChI=1S/C9H14N4O3.H3O4P/c14-13(15)9-7-10-8-12(9)2-1-11-3-5-16-6-4-11;1-5(2,3)4/h7-8H,1-6H2;(H3,1,2,3,4). The van der Waals surface area contributed by atoms with E-state index in [1.165, 1.54) is 12.5 Å². The number of aromatic nitrogens is 2. The molecular formula is C9H17N4O7P. The zero-order chi connectivity index (χ0) is 15.9. The predicted octanol–water partition coefficient (Wildman–Crippen LogP) is -0.805. The Balaban J connectivity index is 0.000000383. The van der Waals surface area contributed by atoms with E-state index in [1.807, 2.05) is 0 Å². The van der Waals surface area contributed by atoms with Gasteiger partial charge in [-0.15, -0.1) is 0 Å². The third-order valence-corrected chi connectivity index (χ3v) is 2.64. The molecule has 12 heteroatoms. The summed E-state index contributed by atoms with van der Waals surface area (Å²) in [6.07, 6.45) is 2.78. The molecule has 0 amide bonds. The minimum Gasteiger partial charge on any atom is -0.379 e. The molecule has 11 nitrogen and oxygen atoms in total. The van der Waals surface area contributed by atoms with Crippen molar-refractivity contribution in [1.82, 2.24) is 14.5 Å². The Morgan fingerprint density at radius 3 is 2.43 bits per heavy atom. The number of morpholine rings is 1. The van der Waals surface area contributed by atoms with Gasteiger partial charge in [-0.2, -0.15) is 0 Å². The lowest BCUT2D eigenvalue weighted by Crippen LogP contribution is -2.38. The zero-order valence-electron chi connectivity index (χ0n) is 11.1. The second-order valence-electron chi connectivity index (χ2n) is 4.17. The van der Waals surface area contributed by atoms with Crippen LogP contribution in [0.15, 0.2) is 12.5 Å². The molecule has 2 heterocycles. The molecule has 1 aliphatic heterocycles. The number of imidazole rings is 1. The highest BCUT2D eigenvalue weighted by Gasteiger charge is 2.15. The van der Waals surface area contributed by atoms with Gasteiger partial charge in [0.15, 0.2) is 6.33 Å². The Hall–Kier alpha value is -1.36. The first-order valence-electron chi connectivity index (χ1n) is 6.00. The maximum Gasteiger partial charge on any atom is 0.466 e. The summed E-state index contributed by atoms with van der Waals surface area (Å²) in [7, 11) is -4.64. The second-order valence-corrected chi connectivity index (χ2v) is 5.20. The van der Waals surface area contributed by atoms with Crippen molar-refractivity contribution in [1.29, 1.82) is 0 Å². The van der Waals surface area contributed by atoms with E-state index in [4.69, 9.17) is 24.0 Å². The summed E-state index contributed by atoms with van der Waals surface area (Å²) in [4.78, 5) is 37.8. The molecule has 0 aliphatic carbocycles. The topological polar surface area (TPSA) is 151 Å².